The average Bonchev–Trinajstić information content (AvgIpc) is 2.93. The lowest BCUT2D eigenvalue weighted by molar-refractivity contribution is -0.133. The second-order valence-electron chi connectivity index (χ2n) is 5.29. The van der Waals surface area contributed by atoms with Crippen LogP contribution >= 0.6 is 11.3 Å². The van der Waals surface area contributed by atoms with E-state index in [9.17, 15) is 4.79 Å². The van der Waals surface area contributed by atoms with Crippen LogP contribution in [-0.4, -0.2) is 19.0 Å². The van der Waals surface area contributed by atoms with E-state index in [0.717, 1.165) is 38.8 Å². The minimum Gasteiger partial charge on any atom is -0.351 e. The maximum Gasteiger partial charge on any atom is 0.226 e. The molecule has 106 valence electrons. The molecule has 0 spiro atoms. The first-order chi connectivity index (χ1) is 9.20. The summed E-state index contributed by atoms with van der Waals surface area (Å²) in [7, 11) is 0. The van der Waals surface area contributed by atoms with Gasteiger partial charge in [-0.15, -0.1) is 11.3 Å². The predicted octanol–water partition coefficient (Wildman–Crippen LogP) is 2.71. The monoisotopic (exact) mass is 280 g/mol. The molecule has 2 N–H and O–H groups in total. The van der Waals surface area contributed by atoms with Crippen LogP contribution in [0.4, 0.5) is 0 Å². The third kappa shape index (κ3) is 3.37. The molecule has 1 aromatic heterocycles. The lowest BCUT2D eigenvalue weighted by Gasteiger charge is -2.35. The highest BCUT2D eigenvalue weighted by molar-refractivity contribution is 7.11. The quantitative estimate of drug-likeness (QED) is 0.870. The molecule has 1 fully saturated rings. The third-order valence-corrected chi connectivity index (χ3v) is 5.44. The van der Waals surface area contributed by atoms with E-state index < -0.39 is 0 Å². The predicted molar refractivity (Wildman–Crippen MR) is 80.4 cm³/mol. The molecule has 0 radical (unpaired) electrons. The summed E-state index contributed by atoms with van der Waals surface area (Å²) >= 11 is 1.80. The Morgan fingerprint density at radius 1 is 1.32 bits per heavy atom. The largest absolute Gasteiger partial charge is 0.351 e. The minimum absolute atomic E-state index is 0.143. The second-order valence-corrected chi connectivity index (χ2v) is 6.54. The zero-order chi connectivity index (χ0) is 13.7. The summed E-state index contributed by atoms with van der Waals surface area (Å²) < 4.78 is 0. The van der Waals surface area contributed by atoms with Gasteiger partial charge in [0.1, 0.15) is 0 Å². The van der Waals surface area contributed by atoms with Gasteiger partial charge in [0, 0.05) is 9.75 Å². The smallest absolute Gasteiger partial charge is 0.226 e. The molecule has 4 heteroatoms. The molecular weight excluding hydrogens is 256 g/mol. The second kappa shape index (κ2) is 6.53. The Bertz CT molecular complexity index is 422. The van der Waals surface area contributed by atoms with Crippen molar-refractivity contribution in [2.75, 3.05) is 13.1 Å². The Labute approximate surface area is 119 Å². The molecule has 1 aromatic rings. The zero-order valence-corrected chi connectivity index (χ0v) is 12.7. The molecule has 1 saturated heterocycles. The molecule has 1 aliphatic rings. The van der Waals surface area contributed by atoms with Gasteiger partial charge in [-0.05, 0) is 50.9 Å². The fourth-order valence-corrected chi connectivity index (χ4v) is 3.61. The standard InChI is InChI=1S/C15H24N2OS/c1-3-12-5-6-13(19-12)11-17-14(18)15(4-2)7-9-16-10-8-15/h5-6,16H,3-4,7-11H2,1-2H3,(H,17,18). The van der Waals surface area contributed by atoms with Crippen molar-refractivity contribution in [1.82, 2.24) is 10.6 Å². The van der Waals surface area contributed by atoms with Crippen LogP contribution in [-0.2, 0) is 17.8 Å². The molecule has 0 atom stereocenters. The Hall–Kier alpha value is -0.870. The molecule has 19 heavy (non-hydrogen) atoms. The van der Waals surface area contributed by atoms with E-state index in [1.807, 2.05) is 0 Å². The molecule has 2 rings (SSSR count). The first-order valence-electron chi connectivity index (χ1n) is 7.27. The van der Waals surface area contributed by atoms with Gasteiger partial charge in [0.15, 0.2) is 0 Å². The number of carbonyl (C=O) groups excluding carboxylic acids is 1. The number of rotatable bonds is 5. The Balaban J connectivity index is 1.92. The van der Waals surface area contributed by atoms with Gasteiger partial charge in [-0.25, -0.2) is 0 Å². The van der Waals surface area contributed by atoms with Crippen LogP contribution in [0, 0.1) is 5.41 Å². The van der Waals surface area contributed by atoms with Crippen LogP contribution < -0.4 is 10.6 Å². The summed E-state index contributed by atoms with van der Waals surface area (Å²) in [4.78, 5) is 15.1. The number of amides is 1. The number of hydrogen-bond donors (Lipinski definition) is 2. The molecule has 0 aliphatic carbocycles. The van der Waals surface area contributed by atoms with Crippen molar-refractivity contribution >= 4 is 17.2 Å². The van der Waals surface area contributed by atoms with E-state index in [4.69, 9.17) is 0 Å². The van der Waals surface area contributed by atoms with Gasteiger partial charge >= 0.3 is 0 Å². The molecule has 2 heterocycles. The highest BCUT2D eigenvalue weighted by Gasteiger charge is 2.37. The number of thiophene rings is 1. The van der Waals surface area contributed by atoms with Crippen molar-refractivity contribution in [3.63, 3.8) is 0 Å². The lowest BCUT2D eigenvalue weighted by atomic mass is 9.76. The highest BCUT2D eigenvalue weighted by atomic mass is 32.1. The topological polar surface area (TPSA) is 41.1 Å². The summed E-state index contributed by atoms with van der Waals surface area (Å²) in [5.41, 5.74) is -0.143. The van der Waals surface area contributed by atoms with Gasteiger partial charge in [-0.1, -0.05) is 13.8 Å². The maximum atomic E-state index is 12.5. The molecule has 1 aliphatic heterocycles. The number of nitrogens with one attached hydrogen (secondary N) is 2. The first kappa shape index (κ1) is 14.5. The van der Waals surface area contributed by atoms with Crippen molar-refractivity contribution in [2.45, 2.75) is 46.1 Å². The zero-order valence-electron chi connectivity index (χ0n) is 11.9. The number of carbonyl (C=O) groups is 1. The summed E-state index contributed by atoms with van der Waals surface area (Å²) in [5, 5.41) is 6.48. The van der Waals surface area contributed by atoms with Gasteiger partial charge < -0.3 is 10.6 Å². The van der Waals surface area contributed by atoms with Crippen LogP contribution in [0.25, 0.3) is 0 Å². The van der Waals surface area contributed by atoms with Crippen LogP contribution in [0.15, 0.2) is 12.1 Å². The molecule has 0 bridgehead atoms. The van der Waals surface area contributed by atoms with E-state index in [2.05, 4.69) is 36.6 Å². The molecule has 0 saturated carbocycles. The van der Waals surface area contributed by atoms with Crippen molar-refractivity contribution in [3.8, 4) is 0 Å². The van der Waals surface area contributed by atoms with E-state index in [1.54, 1.807) is 11.3 Å². The summed E-state index contributed by atoms with van der Waals surface area (Å²) in [6.07, 6.45) is 3.92. The van der Waals surface area contributed by atoms with Gasteiger partial charge in [-0.2, -0.15) is 0 Å². The number of aryl methyl sites for hydroxylation is 1. The van der Waals surface area contributed by atoms with Gasteiger partial charge in [0.25, 0.3) is 0 Å². The third-order valence-electron chi connectivity index (χ3n) is 4.21. The van der Waals surface area contributed by atoms with Crippen LogP contribution in [0.2, 0.25) is 0 Å². The molecule has 0 aromatic carbocycles. The summed E-state index contributed by atoms with van der Waals surface area (Å²) in [5.74, 6) is 0.239. The van der Waals surface area contributed by atoms with Crippen LogP contribution in [0.3, 0.4) is 0 Å². The van der Waals surface area contributed by atoms with Crippen LogP contribution in [0.5, 0.6) is 0 Å². The summed E-state index contributed by atoms with van der Waals surface area (Å²) in [6, 6.07) is 4.29. The number of hydrogen-bond acceptors (Lipinski definition) is 3. The van der Waals surface area contributed by atoms with Gasteiger partial charge in [-0.3, -0.25) is 4.79 Å². The van der Waals surface area contributed by atoms with E-state index in [1.165, 1.54) is 9.75 Å². The van der Waals surface area contributed by atoms with E-state index in [-0.39, 0.29) is 11.3 Å². The van der Waals surface area contributed by atoms with Crippen molar-refractivity contribution in [3.05, 3.63) is 21.9 Å². The maximum absolute atomic E-state index is 12.5. The molecule has 3 nitrogen and oxygen atoms in total. The SMILES string of the molecule is CCc1ccc(CNC(=O)C2(CC)CCNCC2)s1. The van der Waals surface area contributed by atoms with Crippen LogP contribution in [0.1, 0.15) is 42.9 Å². The van der Waals surface area contributed by atoms with Crippen molar-refractivity contribution in [2.24, 2.45) is 5.41 Å². The lowest BCUT2D eigenvalue weighted by Crippen LogP contribution is -2.47. The normalized spacial score (nSPS) is 18.2. The minimum atomic E-state index is -0.143. The van der Waals surface area contributed by atoms with Gasteiger partial charge in [0.05, 0.1) is 12.0 Å². The van der Waals surface area contributed by atoms with E-state index in [0.29, 0.717) is 6.54 Å². The van der Waals surface area contributed by atoms with E-state index >= 15 is 0 Å². The highest BCUT2D eigenvalue weighted by Crippen LogP contribution is 2.32. The average molecular weight is 280 g/mol. The van der Waals surface area contributed by atoms with Crippen molar-refractivity contribution < 1.29 is 4.79 Å². The number of piperidine rings is 1. The summed E-state index contributed by atoms with van der Waals surface area (Å²) in [6.45, 7) is 6.89. The molecule has 1 amide bonds. The van der Waals surface area contributed by atoms with Gasteiger partial charge in [0.2, 0.25) is 5.91 Å². The first-order valence-corrected chi connectivity index (χ1v) is 8.08. The fraction of sp³-hybridized carbons (Fsp3) is 0.667. The fourth-order valence-electron chi connectivity index (χ4n) is 2.71. The molecular formula is C15H24N2OS. The Morgan fingerprint density at radius 2 is 2.00 bits per heavy atom. The molecule has 0 unspecified atom stereocenters. The Kier molecular flexibility index (Phi) is 4.99. The Morgan fingerprint density at radius 3 is 2.58 bits per heavy atom. The van der Waals surface area contributed by atoms with Crippen molar-refractivity contribution in [1.29, 1.82) is 0 Å².